The zero-order valence-electron chi connectivity index (χ0n) is 5.62. The maximum absolute atomic E-state index is 12.1. The lowest BCUT2D eigenvalue weighted by atomic mass is 10.5. The molecule has 0 spiro atoms. The highest BCUT2D eigenvalue weighted by Gasteiger charge is 1.98. The van der Waals surface area contributed by atoms with Crippen molar-refractivity contribution >= 4 is 0 Å². The molecule has 1 atom stereocenters. The Labute approximate surface area is 58.7 Å². The van der Waals surface area contributed by atoms with Crippen LogP contribution in [0.2, 0.25) is 0 Å². The second-order valence-electron chi connectivity index (χ2n) is 1.83. The number of hydrogen-bond donors (Lipinski definition) is 0. The van der Waals surface area contributed by atoms with Gasteiger partial charge in [0.2, 0.25) is 12.2 Å². The van der Waals surface area contributed by atoms with Crippen molar-refractivity contribution in [2.75, 3.05) is 0 Å². The molecule has 0 aromatic carbocycles. The molecule has 0 aliphatic heterocycles. The fourth-order valence-corrected chi connectivity index (χ4v) is 0.583. The van der Waals surface area contributed by atoms with Crippen molar-refractivity contribution in [3.8, 4) is 5.88 Å². The lowest BCUT2D eigenvalue weighted by molar-refractivity contribution is 0.0810. The molecule has 3 heteroatoms. The third-order valence-corrected chi connectivity index (χ3v) is 0.921. The smallest absolute Gasteiger partial charge is 0.237 e. The zero-order valence-corrected chi connectivity index (χ0v) is 5.62. The molecular weight excluding hydrogens is 133 g/mol. The number of hydrogen-bond acceptors (Lipinski definition) is 2. The summed E-state index contributed by atoms with van der Waals surface area (Å²) >= 11 is 0. The largest absolute Gasteiger partial charge is 0.444 e. The third-order valence-electron chi connectivity index (χ3n) is 0.921. The summed E-state index contributed by atoms with van der Waals surface area (Å²) in [6.45, 7) is 1.31. The summed E-state index contributed by atoms with van der Waals surface area (Å²) in [5.41, 5.74) is 0. The molecule has 1 heterocycles. The van der Waals surface area contributed by atoms with Crippen LogP contribution in [-0.2, 0) is 0 Å². The summed E-state index contributed by atoms with van der Waals surface area (Å²) in [5, 5.41) is 0. The number of nitrogens with zero attached hydrogens (tertiary/aromatic N) is 1. The van der Waals surface area contributed by atoms with Crippen LogP contribution in [0.25, 0.3) is 0 Å². The van der Waals surface area contributed by atoms with Gasteiger partial charge in [0.1, 0.15) is 0 Å². The first kappa shape index (κ1) is 6.99. The van der Waals surface area contributed by atoms with Gasteiger partial charge in [-0.1, -0.05) is 6.07 Å². The standard InChI is InChI=1S/C7H8FNO/c1-6(8)10-7-4-2-3-5-9-7/h2-6H,1H3. The fourth-order valence-electron chi connectivity index (χ4n) is 0.583. The van der Waals surface area contributed by atoms with Crippen LogP contribution in [0.3, 0.4) is 0 Å². The third kappa shape index (κ3) is 2.01. The van der Waals surface area contributed by atoms with Crippen LogP contribution in [0.5, 0.6) is 5.88 Å². The Morgan fingerprint density at radius 2 is 2.40 bits per heavy atom. The molecule has 0 bridgehead atoms. The summed E-state index contributed by atoms with van der Waals surface area (Å²) in [5.74, 6) is 0.317. The van der Waals surface area contributed by atoms with E-state index < -0.39 is 6.36 Å². The van der Waals surface area contributed by atoms with Gasteiger partial charge in [-0.15, -0.1) is 0 Å². The van der Waals surface area contributed by atoms with Crippen molar-refractivity contribution in [2.45, 2.75) is 13.3 Å². The Balaban J connectivity index is 2.59. The maximum atomic E-state index is 12.1. The van der Waals surface area contributed by atoms with E-state index in [1.807, 2.05) is 0 Å². The molecule has 1 rings (SSSR count). The number of ether oxygens (including phenoxy) is 1. The van der Waals surface area contributed by atoms with E-state index in [2.05, 4.69) is 9.72 Å². The molecule has 0 aliphatic rings. The van der Waals surface area contributed by atoms with Crippen LogP contribution in [0.1, 0.15) is 6.92 Å². The molecule has 0 saturated carbocycles. The molecule has 0 fully saturated rings. The van der Waals surface area contributed by atoms with Crippen molar-refractivity contribution < 1.29 is 9.13 Å². The predicted molar refractivity (Wildman–Crippen MR) is 35.4 cm³/mol. The fraction of sp³-hybridized carbons (Fsp3) is 0.286. The molecular formula is C7H8FNO. The first-order valence-electron chi connectivity index (χ1n) is 3.01. The normalized spacial score (nSPS) is 12.6. The van der Waals surface area contributed by atoms with Gasteiger partial charge < -0.3 is 4.74 Å². The summed E-state index contributed by atoms with van der Waals surface area (Å²) in [6.07, 6.45) is 0.257. The van der Waals surface area contributed by atoms with Crippen LogP contribution in [0.15, 0.2) is 24.4 Å². The molecule has 1 aromatic rings. The predicted octanol–water partition coefficient (Wildman–Crippen LogP) is 1.78. The molecule has 1 aromatic heterocycles. The van der Waals surface area contributed by atoms with E-state index in [0.29, 0.717) is 5.88 Å². The molecule has 0 amide bonds. The van der Waals surface area contributed by atoms with E-state index in [-0.39, 0.29) is 0 Å². The number of rotatable bonds is 2. The van der Waals surface area contributed by atoms with E-state index in [4.69, 9.17) is 0 Å². The summed E-state index contributed by atoms with van der Waals surface area (Å²) in [7, 11) is 0. The van der Waals surface area contributed by atoms with Crippen molar-refractivity contribution in [2.24, 2.45) is 0 Å². The van der Waals surface area contributed by atoms with Gasteiger partial charge in [-0.05, 0) is 6.07 Å². The second-order valence-corrected chi connectivity index (χ2v) is 1.83. The van der Waals surface area contributed by atoms with Gasteiger partial charge >= 0.3 is 0 Å². The highest BCUT2D eigenvalue weighted by atomic mass is 19.1. The Morgan fingerprint density at radius 3 is 2.90 bits per heavy atom. The summed E-state index contributed by atoms with van der Waals surface area (Å²) in [4.78, 5) is 3.76. The molecule has 1 unspecified atom stereocenters. The topological polar surface area (TPSA) is 22.1 Å². The van der Waals surface area contributed by atoms with Gasteiger partial charge in [-0.2, -0.15) is 0 Å². The van der Waals surface area contributed by atoms with Crippen LogP contribution >= 0.6 is 0 Å². The Hall–Kier alpha value is -1.12. The van der Waals surface area contributed by atoms with Gasteiger partial charge in [-0.3, -0.25) is 0 Å². The molecule has 2 nitrogen and oxygen atoms in total. The minimum atomic E-state index is -1.30. The zero-order chi connectivity index (χ0) is 7.40. The van der Waals surface area contributed by atoms with Crippen molar-refractivity contribution in [1.29, 1.82) is 0 Å². The van der Waals surface area contributed by atoms with E-state index in [1.54, 1.807) is 24.4 Å². The van der Waals surface area contributed by atoms with Gasteiger partial charge in [0.15, 0.2) is 0 Å². The van der Waals surface area contributed by atoms with E-state index in [1.165, 1.54) is 6.92 Å². The molecule has 0 radical (unpaired) electrons. The monoisotopic (exact) mass is 141 g/mol. The Kier molecular flexibility index (Phi) is 2.20. The average Bonchev–Trinajstić information content (AvgIpc) is 1.88. The Morgan fingerprint density at radius 1 is 1.60 bits per heavy atom. The minimum Gasteiger partial charge on any atom is -0.444 e. The lowest BCUT2D eigenvalue weighted by Crippen LogP contribution is -2.04. The van der Waals surface area contributed by atoms with E-state index in [9.17, 15) is 4.39 Å². The number of aromatic nitrogens is 1. The summed E-state index contributed by atoms with van der Waals surface area (Å²) < 4.78 is 16.8. The van der Waals surface area contributed by atoms with Crippen LogP contribution in [0, 0.1) is 0 Å². The molecule has 0 aliphatic carbocycles. The first-order valence-corrected chi connectivity index (χ1v) is 3.01. The minimum absolute atomic E-state index is 0.317. The quantitative estimate of drug-likeness (QED) is 0.626. The molecule has 0 saturated heterocycles. The van der Waals surface area contributed by atoms with Crippen molar-refractivity contribution in [3.05, 3.63) is 24.4 Å². The van der Waals surface area contributed by atoms with Gasteiger partial charge in [0.25, 0.3) is 0 Å². The van der Waals surface area contributed by atoms with Crippen LogP contribution in [0.4, 0.5) is 4.39 Å². The van der Waals surface area contributed by atoms with Crippen LogP contribution < -0.4 is 4.74 Å². The molecule has 54 valence electrons. The van der Waals surface area contributed by atoms with Gasteiger partial charge in [0.05, 0.1) is 0 Å². The van der Waals surface area contributed by atoms with E-state index >= 15 is 0 Å². The average molecular weight is 141 g/mol. The number of halogens is 1. The maximum Gasteiger partial charge on any atom is 0.237 e. The summed E-state index contributed by atoms with van der Waals surface area (Å²) in [6, 6.07) is 5.09. The Bertz CT molecular complexity index is 188. The molecule has 10 heavy (non-hydrogen) atoms. The number of pyridine rings is 1. The highest BCUT2D eigenvalue weighted by molar-refractivity contribution is 5.08. The van der Waals surface area contributed by atoms with Crippen molar-refractivity contribution in [1.82, 2.24) is 4.98 Å². The second kappa shape index (κ2) is 3.15. The number of alkyl halides is 1. The lowest BCUT2D eigenvalue weighted by Gasteiger charge is -2.03. The molecule has 0 N–H and O–H groups in total. The van der Waals surface area contributed by atoms with Gasteiger partial charge in [-0.25, -0.2) is 9.37 Å². The highest BCUT2D eigenvalue weighted by Crippen LogP contribution is 2.05. The first-order chi connectivity index (χ1) is 4.79. The SMILES string of the molecule is CC(F)Oc1ccccn1. The van der Waals surface area contributed by atoms with E-state index in [0.717, 1.165) is 0 Å². The van der Waals surface area contributed by atoms with Crippen LogP contribution in [-0.4, -0.2) is 11.3 Å². The van der Waals surface area contributed by atoms with Crippen molar-refractivity contribution in [3.63, 3.8) is 0 Å². The van der Waals surface area contributed by atoms with Gasteiger partial charge in [0, 0.05) is 19.2 Å².